The maximum absolute atomic E-state index is 11.0. The van der Waals surface area contributed by atoms with Crippen LogP contribution in [0, 0.1) is 11.8 Å². The number of carboxylic acids is 4. The largest absolute Gasteiger partial charge is 0.550 e. The van der Waals surface area contributed by atoms with Gasteiger partial charge in [-0.2, -0.15) is 0 Å². The lowest BCUT2D eigenvalue weighted by molar-refractivity contribution is -0.314. The van der Waals surface area contributed by atoms with Crippen molar-refractivity contribution in [1.29, 1.82) is 0 Å². The van der Waals surface area contributed by atoms with Gasteiger partial charge in [-0.25, -0.2) is 0 Å². The molecule has 182 valence electrons. The second-order valence-corrected chi connectivity index (χ2v) is 6.55. The molecule has 0 fully saturated rings. The highest BCUT2D eigenvalue weighted by Gasteiger charge is 2.11. The maximum Gasteiger partial charge on any atom is 0.0445 e. The summed E-state index contributed by atoms with van der Waals surface area (Å²) in [6.45, 7) is 0. The number of carboxylic acid groups (broad SMARTS) is 4. The summed E-state index contributed by atoms with van der Waals surface area (Å²) in [5.41, 5.74) is 0. The third-order valence-corrected chi connectivity index (χ3v) is 4.39. The van der Waals surface area contributed by atoms with Gasteiger partial charge in [-0.15, -0.1) is 0 Å². The number of rotatable bonds is 17. The minimum Gasteiger partial charge on any atom is -0.550 e. The molecule has 0 amide bonds. The van der Waals surface area contributed by atoms with Gasteiger partial charge in [0.05, 0.1) is 0 Å². The van der Waals surface area contributed by atoms with Crippen molar-refractivity contribution in [3.63, 3.8) is 0 Å². The number of aliphatic carboxylic acids is 4. The van der Waals surface area contributed by atoms with Gasteiger partial charge < -0.3 is 64.2 Å². The molecule has 0 heterocycles. The van der Waals surface area contributed by atoms with E-state index < -0.39 is 35.7 Å². The standard InChI is InChI=1S/C18H30O8.4H3N/c19-15(20)11-5-9-13(17(23)24)7-3-1-2-4-8-14(18(25)26)10-6-12-16(21)22;;;;/h13-14H,1-12H2,(H,19,20)(H,21,22)(H,23,24)(H,25,26);4*1H3. The average molecular weight is 443 g/mol. The Labute approximate surface area is 177 Å². The van der Waals surface area contributed by atoms with Crippen LogP contribution in [-0.4, -0.2) is 23.9 Å². The molecule has 0 aromatic carbocycles. The van der Waals surface area contributed by atoms with E-state index in [-0.39, 0.29) is 63.1 Å². The molecule has 0 bridgehead atoms. The molecule has 0 spiro atoms. The smallest absolute Gasteiger partial charge is 0.0445 e. The lowest BCUT2D eigenvalue weighted by Gasteiger charge is -2.19. The Balaban J connectivity index is -0.000000521. The Kier molecular flexibility index (Phi) is 29.4. The molecule has 16 N–H and O–H groups in total. The van der Waals surface area contributed by atoms with Crippen LogP contribution < -0.4 is 45.0 Å². The van der Waals surface area contributed by atoms with E-state index in [0.29, 0.717) is 25.7 Å². The van der Waals surface area contributed by atoms with Crippen molar-refractivity contribution in [3.8, 4) is 0 Å². The molecule has 0 radical (unpaired) electrons. The van der Waals surface area contributed by atoms with Crippen LogP contribution in [0.4, 0.5) is 0 Å². The van der Waals surface area contributed by atoms with Crippen LogP contribution in [0.1, 0.15) is 77.0 Å². The number of hydrogen-bond acceptors (Lipinski definition) is 8. The number of carbonyl (C=O) groups excluding carboxylic acids is 4. The van der Waals surface area contributed by atoms with Gasteiger partial charge in [0.15, 0.2) is 0 Å². The highest BCUT2D eigenvalue weighted by Crippen LogP contribution is 2.19. The molecule has 30 heavy (non-hydrogen) atoms. The molecule has 12 heteroatoms. The fraction of sp³-hybridized carbons (Fsp3) is 0.778. The number of hydrogen-bond donors (Lipinski definition) is 4. The molecular formula is C18H42N4O8. The number of unbranched alkanes of at least 4 members (excludes halogenated alkanes) is 3. The third-order valence-electron chi connectivity index (χ3n) is 4.39. The van der Waals surface area contributed by atoms with Crippen molar-refractivity contribution < 1.29 is 39.6 Å². The first-order valence-corrected chi connectivity index (χ1v) is 9.05. The SMILES string of the molecule is O=C([O-])CCCC(CCCCCCC(CCCC(=O)[O-])C(=O)[O-])C(=O)[O-].[NH4+].[NH4+].[NH4+].[NH4+]. The zero-order valence-corrected chi connectivity index (χ0v) is 18.9. The lowest BCUT2D eigenvalue weighted by atomic mass is 9.93. The Hall–Kier alpha value is -2.28. The minimum absolute atomic E-state index is 0. The summed E-state index contributed by atoms with van der Waals surface area (Å²) in [7, 11) is 0. The van der Waals surface area contributed by atoms with Crippen LogP contribution in [0.2, 0.25) is 0 Å². The molecule has 12 nitrogen and oxygen atoms in total. The summed E-state index contributed by atoms with van der Waals surface area (Å²) in [5, 5.41) is 42.7. The Morgan fingerprint density at radius 3 is 0.967 bits per heavy atom. The van der Waals surface area contributed by atoms with E-state index >= 15 is 0 Å². The van der Waals surface area contributed by atoms with E-state index in [9.17, 15) is 39.6 Å². The quantitative estimate of drug-likeness (QED) is 0.210. The van der Waals surface area contributed by atoms with E-state index in [1.165, 1.54) is 0 Å². The van der Waals surface area contributed by atoms with Crippen molar-refractivity contribution in [2.24, 2.45) is 11.8 Å². The van der Waals surface area contributed by atoms with E-state index in [0.717, 1.165) is 12.8 Å². The molecular weight excluding hydrogens is 400 g/mol. The average Bonchev–Trinajstić information content (AvgIpc) is 2.53. The summed E-state index contributed by atoms with van der Waals surface area (Å²) < 4.78 is 0. The first kappa shape index (κ1) is 38.3. The van der Waals surface area contributed by atoms with Crippen LogP contribution in [0.25, 0.3) is 0 Å². The lowest BCUT2D eigenvalue weighted by Crippen LogP contribution is -2.32. The van der Waals surface area contributed by atoms with E-state index in [1.807, 2.05) is 0 Å². The molecule has 0 aliphatic heterocycles. The molecule has 0 aromatic heterocycles. The van der Waals surface area contributed by atoms with Crippen molar-refractivity contribution in [2.45, 2.75) is 77.0 Å². The summed E-state index contributed by atoms with van der Waals surface area (Å²) in [6, 6.07) is 0. The molecule has 0 saturated heterocycles. The van der Waals surface area contributed by atoms with Gasteiger partial charge in [0, 0.05) is 23.9 Å². The van der Waals surface area contributed by atoms with Crippen molar-refractivity contribution >= 4 is 23.9 Å². The molecule has 2 unspecified atom stereocenters. The minimum atomic E-state index is -1.20. The van der Waals surface area contributed by atoms with Gasteiger partial charge in [-0.05, 0) is 63.2 Å². The van der Waals surface area contributed by atoms with Crippen LogP contribution in [0.3, 0.4) is 0 Å². The van der Waals surface area contributed by atoms with Crippen molar-refractivity contribution in [3.05, 3.63) is 0 Å². The second kappa shape index (κ2) is 23.0. The van der Waals surface area contributed by atoms with E-state index in [1.54, 1.807) is 0 Å². The van der Waals surface area contributed by atoms with Gasteiger partial charge >= 0.3 is 0 Å². The van der Waals surface area contributed by atoms with Crippen LogP contribution in [0.15, 0.2) is 0 Å². The predicted molar refractivity (Wildman–Crippen MR) is 106 cm³/mol. The number of quaternary nitrogens is 4. The Morgan fingerprint density at radius 1 is 0.467 bits per heavy atom. The first-order chi connectivity index (χ1) is 12.2. The maximum atomic E-state index is 11.0. The Bertz CT molecular complexity index is 435. The fourth-order valence-electron chi connectivity index (χ4n) is 2.88. The second-order valence-electron chi connectivity index (χ2n) is 6.55. The predicted octanol–water partition coefficient (Wildman–Crippen LogP) is -0.596. The molecule has 0 aromatic rings. The zero-order chi connectivity index (χ0) is 19.9. The van der Waals surface area contributed by atoms with Gasteiger partial charge in [-0.1, -0.05) is 25.7 Å². The molecule has 0 rings (SSSR count). The van der Waals surface area contributed by atoms with E-state index in [4.69, 9.17) is 0 Å². The highest BCUT2D eigenvalue weighted by molar-refractivity contribution is 5.68. The van der Waals surface area contributed by atoms with Crippen LogP contribution in [0.5, 0.6) is 0 Å². The molecule has 0 aliphatic rings. The van der Waals surface area contributed by atoms with Gasteiger partial charge in [0.1, 0.15) is 0 Å². The summed E-state index contributed by atoms with van der Waals surface area (Å²) in [4.78, 5) is 42.7. The van der Waals surface area contributed by atoms with Crippen molar-refractivity contribution in [1.82, 2.24) is 24.6 Å². The monoisotopic (exact) mass is 442 g/mol. The van der Waals surface area contributed by atoms with E-state index in [2.05, 4.69) is 0 Å². The number of carbonyl (C=O) groups is 4. The summed E-state index contributed by atoms with van der Waals surface area (Å²) in [5.74, 6) is -6.15. The zero-order valence-electron chi connectivity index (χ0n) is 18.9. The van der Waals surface area contributed by atoms with Crippen LogP contribution in [-0.2, 0) is 19.2 Å². The third kappa shape index (κ3) is 22.0. The van der Waals surface area contributed by atoms with Crippen LogP contribution >= 0.6 is 0 Å². The Morgan fingerprint density at radius 2 is 0.733 bits per heavy atom. The molecule has 0 saturated carbocycles. The summed E-state index contributed by atoms with van der Waals surface area (Å²) >= 11 is 0. The summed E-state index contributed by atoms with van der Waals surface area (Å²) in [6.07, 6.45) is 4.10. The topological polar surface area (TPSA) is 307 Å². The van der Waals surface area contributed by atoms with Gasteiger partial charge in [-0.3, -0.25) is 0 Å². The highest BCUT2D eigenvalue weighted by atomic mass is 16.4. The first-order valence-electron chi connectivity index (χ1n) is 9.05. The normalized spacial score (nSPS) is 11.3. The van der Waals surface area contributed by atoms with Gasteiger partial charge in [0.2, 0.25) is 0 Å². The fourth-order valence-corrected chi connectivity index (χ4v) is 2.88. The molecule has 2 atom stereocenters. The van der Waals surface area contributed by atoms with Gasteiger partial charge in [0.25, 0.3) is 0 Å². The van der Waals surface area contributed by atoms with Crippen molar-refractivity contribution in [2.75, 3.05) is 0 Å². The molecule has 0 aliphatic carbocycles.